The molecule has 1 N–H and O–H groups in total. The van der Waals surface area contributed by atoms with Gasteiger partial charge in [-0.05, 0) is 34.9 Å². The zero-order valence-electron chi connectivity index (χ0n) is 13.5. The Balaban J connectivity index is 1.92. The highest BCUT2D eigenvalue weighted by Crippen LogP contribution is 2.37. The lowest BCUT2D eigenvalue weighted by Gasteiger charge is -2.10. The van der Waals surface area contributed by atoms with E-state index in [1.807, 2.05) is 0 Å². The monoisotopic (exact) mass is 307 g/mol. The van der Waals surface area contributed by atoms with Crippen LogP contribution in [0, 0.1) is 6.92 Å². The molecule has 1 heteroatoms. The molecule has 0 atom stereocenters. The molecule has 5 rings (SSSR count). The molecule has 5 aromatic rings. The smallest absolute Gasteiger partial charge is 0.0544 e. The second-order valence-corrected chi connectivity index (χ2v) is 6.37. The second-order valence-electron chi connectivity index (χ2n) is 6.37. The van der Waals surface area contributed by atoms with Gasteiger partial charge in [0, 0.05) is 21.9 Å². The summed E-state index contributed by atoms with van der Waals surface area (Å²) in [7, 11) is 0. The number of nitrogens with one attached hydrogen (secondary N) is 1. The number of H-pyrrole nitrogens is 1. The van der Waals surface area contributed by atoms with E-state index in [4.69, 9.17) is 0 Å². The number of benzene rings is 4. The summed E-state index contributed by atoms with van der Waals surface area (Å²) in [6.45, 7) is 2.18. The van der Waals surface area contributed by atoms with Gasteiger partial charge in [-0.25, -0.2) is 0 Å². The van der Waals surface area contributed by atoms with Crippen LogP contribution in [0.3, 0.4) is 0 Å². The highest BCUT2D eigenvalue weighted by Gasteiger charge is 2.12. The summed E-state index contributed by atoms with van der Waals surface area (Å²) in [6.07, 6.45) is 0. The molecule has 0 aliphatic heterocycles. The number of hydrogen-bond acceptors (Lipinski definition) is 0. The van der Waals surface area contributed by atoms with Crippen molar-refractivity contribution in [3.63, 3.8) is 0 Å². The standard InChI is InChI=1S/C23H17N/c1-15-13-14-18(17-8-3-2-7-16(15)17)20-10-6-11-21-19-9-4-5-12-22(19)24-23(20)21/h2-14,24H,1H3. The summed E-state index contributed by atoms with van der Waals surface area (Å²) in [5.41, 5.74) is 6.27. The van der Waals surface area contributed by atoms with Crippen molar-refractivity contribution in [3.05, 3.63) is 84.4 Å². The summed E-state index contributed by atoms with van der Waals surface area (Å²) < 4.78 is 0. The number of para-hydroxylation sites is 2. The average Bonchev–Trinajstić information content (AvgIpc) is 3.01. The van der Waals surface area contributed by atoms with Gasteiger partial charge >= 0.3 is 0 Å². The lowest BCUT2D eigenvalue weighted by molar-refractivity contribution is 1.51. The predicted molar refractivity (Wildman–Crippen MR) is 103 cm³/mol. The minimum absolute atomic E-state index is 1.19. The molecule has 4 aromatic carbocycles. The van der Waals surface area contributed by atoms with E-state index in [9.17, 15) is 0 Å². The van der Waals surface area contributed by atoms with Gasteiger partial charge < -0.3 is 4.98 Å². The van der Waals surface area contributed by atoms with Crippen LogP contribution in [0.4, 0.5) is 0 Å². The maximum Gasteiger partial charge on any atom is 0.0544 e. The number of aryl methyl sites for hydroxylation is 1. The molecule has 0 radical (unpaired) electrons. The first kappa shape index (κ1) is 13.4. The summed E-state index contributed by atoms with van der Waals surface area (Å²) in [5, 5.41) is 5.20. The van der Waals surface area contributed by atoms with Crippen LogP contribution in [0.15, 0.2) is 78.9 Å². The zero-order valence-corrected chi connectivity index (χ0v) is 13.5. The summed E-state index contributed by atoms with van der Waals surface area (Å²) in [6, 6.07) is 28.2. The molecule has 0 saturated heterocycles. The van der Waals surface area contributed by atoms with Crippen LogP contribution in [0.1, 0.15) is 5.56 Å². The first-order valence-electron chi connectivity index (χ1n) is 8.31. The fourth-order valence-corrected chi connectivity index (χ4v) is 3.78. The Morgan fingerprint density at radius 1 is 0.542 bits per heavy atom. The first-order chi connectivity index (χ1) is 11.8. The SMILES string of the molecule is Cc1ccc(-c2cccc3c2[nH]c2ccccc23)c2ccccc12. The normalized spacial score (nSPS) is 11.5. The van der Waals surface area contributed by atoms with Gasteiger partial charge in [0.15, 0.2) is 0 Å². The quantitative estimate of drug-likeness (QED) is 0.366. The van der Waals surface area contributed by atoms with Crippen LogP contribution in [0.25, 0.3) is 43.7 Å². The molecule has 1 nitrogen and oxygen atoms in total. The molecule has 1 aromatic heterocycles. The third kappa shape index (κ3) is 1.82. The lowest BCUT2D eigenvalue weighted by Crippen LogP contribution is -1.85. The van der Waals surface area contributed by atoms with Gasteiger partial charge in [-0.3, -0.25) is 0 Å². The van der Waals surface area contributed by atoms with Crippen LogP contribution in [-0.2, 0) is 0 Å². The van der Waals surface area contributed by atoms with Crippen molar-refractivity contribution in [3.8, 4) is 11.1 Å². The summed E-state index contributed by atoms with van der Waals surface area (Å²) in [4.78, 5) is 3.62. The zero-order chi connectivity index (χ0) is 16.1. The number of rotatable bonds is 1. The third-order valence-corrected chi connectivity index (χ3v) is 4.97. The van der Waals surface area contributed by atoms with Crippen LogP contribution in [0.2, 0.25) is 0 Å². The van der Waals surface area contributed by atoms with Crippen molar-refractivity contribution in [2.45, 2.75) is 6.92 Å². The van der Waals surface area contributed by atoms with Crippen LogP contribution < -0.4 is 0 Å². The van der Waals surface area contributed by atoms with E-state index in [0.717, 1.165) is 0 Å². The van der Waals surface area contributed by atoms with Crippen LogP contribution in [-0.4, -0.2) is 4.98 Å². The molecule has 0 unspecified atom stereocenters. The molecule has 0 bridgehead atoms. The molecule has 0 fully saturated rings. The number of hydrogen-bond donors (Lipinski definition) is 1. The molecule has 0 saturated carbocycles. The Bertz CT molecular complexity index is 1210. The van der Waals surface area contributed by atoms with Gasteiger partial charge in [-0.1, -0.05) is 72.8 Å². The topological polar surface area (TPSA) is 15.8 Å². The van der Waals surface area contributed by atoms with E-state index in [0.29, 0.717) is 0 Å². The summed E-state index contributed by atoms with van der Waals surface area (Å²) in [5.74, 6) is 0. The van der Waals surface area contributed by atoms with Crippen LogP contribution >= 0.6 is 0 Å². The Hall–Kier alpha value is -3.06. The van der Waals surface area contributed by atoms with Gasteiger partial charge in [0.25, 0.3) is 0 Å². The predicted octanol–water partition coefficient (Wildman–Crippen LogP) is 6.45. The Labute approximate surface area is 140 Å². The van der Waals surface area contributed by atoms with Crippen LogP contribution in [0.5, 0.6) is 0 Å². The Morgan fingerprint density at radius 3 is 2.12 bits per heavy atom. The number of aromatic nitrogens is 1. The highest BCUT2D eigenvalue weighted by atomic mass is 14.7. The van der Waals surface area contributed by atoms with Gasteiger partial charge in [-0.15, -0.1) is 0 Å². The molecule has 0 aliphatic carbocycles. The maximum absolute atomic E-state index is 3.62. The Morgan fingerprint density at radius 2 is 1.25 bits per heavy atom. The van der Waals surface area contributed by atoms with E-state index in [-0.39, 0.29) is 0 Å². The van der Waals surface area contributed by atoms with Gasteiger partial charge in [0.2, 0.25) is 0 Å². The molecule has 0 aliphatic rings. The molecule has 1 heterocycles. The van der Waals surface area contributed by atoms with Gasteiger partial charge in [0.05, 0.1) is 5.52 Å². The highest BCUT2D eigenvalue weighted by molar-refractivity contribution is 6.14. The number of fused-ring (bicyclic) bond motifs is 4. The fraction of sp³-hybridized carbons (Fsp3) is 0.0435. The van der Waals surface area contributed by atoms with Gasteiger partial charge in [-0.2, -0.15) is 0 Å². The van der Waals surface area contributed by atoms with E-state index in [2.05, 4.69) is 90.8 Å². The molecule has 0 spiro atoms. The number of aromatic amines is 1. The third-order valence-electron chi connectivity index (χ3n) is 4.97. The molecule has 24 heavy (non-hydrogen) atoms. The molecular weight excluding hydrogens is 290 g/mol. The van der Waals surface area contributed by atoms with E-state index in [1.165, 1.54) is 49.3 Å². The summed E-state index contributed by atoms with van der Waals surface area (Å²) >= 11 is 0. The maximum atomic E-state index is 3.62. The minimum atomic E-state index is 1.19. The van der Waals surface area contributed by atoms with E-state index in [1.54, 1.807) is 0 Å². The first-order valence-corrected chi connectivity index (χ1v) is 8.31. The van der Waals surface area contributed by atoms with Crippen molar-refractivity contribution < 1.29 is 0 Å². The largest absolute Gasteiger partial charge is 0.354 e. The van der Waals surface area contributed by atoms with E-state index >= 15 is 0 Å². The van der Waals surface area contributed by atoms with E-state index < -0.39 is 0 Å². The second kappa shape index (κ2) is 4.97. The van der Waals surface area contributed by atoms with Crippen molar-refractivity contribution in [2.75, 3.05) is 0 Å². The van der Waals surface area contributed by atoms with Crippen molar-refractivity contribution >= 4 is 32.6 Å². The lowest BCUT2D eigenvalue weighted by atomic mass is 9.94. The Kier molecular flexibility index (Phi) is 2.77. The fourth-order valence-electron chi connectivity index (χ4n) is 3.78. The average molecular weight is 307 g/mol. The molecular formula is C23H17N. The van der Waals surface area contributed by atoms with Crippen molar-refractivity contribution in [1.82, 2.24) is 4.98 Å². The van der Waals surface area contributed by atoms with Gasteiger partial charge in [0.1, 0.15) is 0 Å². The minimum Gasteiger partial charge on any atom is -0.354 e. The molecule has 0 amide bonds. The van der Waals surface area contributed by atoms with Crippen molar-refractivity contribution in [2.24, 2.45) is 0 Å². The molecule has 114 valence electrons. The van der Waals surface area contributed by atoms with Crippen molar-refractivity contribution in [1.29, 1.82) is 0 Å².